The number of nitrogens with zero attached hydrogens (tertiary/aromatic N) is 1. The van der Waals surface area contributed by atoms with Crippen molar-refractivity contribution in [3.05, 3.63) is 34.9 Å². The van der Waals surface area contributed by atoms with Crippen LogP contribution < -0.4 is 10.6 Å². The highest BCUT2D eigenvalue weighted by molar-refractivity contribution is 5.94. The van der Waals surface area contributed by atoms with Crippen LogP contribution in [-0.4, -0.2) is 43.9 Å². The van der Waals surface area contributed by atoms with Gasteiger partial charge in [0, 0.05) is 32.7 Å². The standard InChI is InChI=1S/C16H23N3O2/c1-11(15(20)17-2)10-19(3)16(21)13-5-4-12-6-7-18-9-14(12)8-13/h4-5,8,11,18H,6-7,9-10H2,1-3H3,(H,17,20). The van der Waals surface area contributed by atoms with Gasteiger partial charge in [0.25, 0.3) is 5.91 Å². The van der Waals surface area contributed by atoms with Crippen LogP contribution in [0.2, 0.25) is 0 Å². The lowest BCUT2D eigenvalue weighted by atomic mass is 9.98. The molecule has 2 N–H and O–H groups in total. The Kier molecular flexibility index (Phi) is 4.96. The number of rotatable bonds is 4. The molecule has 1 aliphatic rings. The van der Waals surface area contributed by atoms with E-state index >= 15 is 0 Å². The molecule has 114 valence electrons. The summed E-state index contributed by atoms with van der Waals surface area (Å²) in [5, 5.41) is 5.92. The summed E-state index contributed by atoms with van der Waals surface area (Å²) in [6, 6.07) is 5.89. The van der Waals surface area contributed by atoms with Gasteiger partial charge in [-0.2, -0.15) is 0 Å². The fourth-order valence-electron chi connectivity index (χ4n) is 2.66. The second-order valence-electron chi connectivity index (χ2n) is 5.61. The fourth-order valence-corrected chi connectivity index (χ4v) is 2.66. The van der Waals surface area contributed by atoms with Crippen molar-refractivity contribution in [2.24, 2.45) is 5.92 Å². The second kappa shape index (κ2) is 6.72. The average molecular weight is 289 g/mol. The topological polar surface area (TPSA) is 61.4 Å². The quantitative estimate of drug-likeness (QED) is 0.861. The van der Waals surface area contributed by atoms with Gasteiger partial charge in [0.05, 0.1) is 5.92 Å². The molecule has 0 radical (unpaired) electrons. The number of amides is 2. The van der Waals surface area contributed by atoms with Crippen molar-refractivity contribution in [2.45, 2.75) is 19.9 Å². The van der Waals surface area contributed by atoms with E-state index in [1.807, 2.05) is 25.1 Å². The van der Waals surface area contributed by atoms with Crippen LogP contribution in [0.4, 0.5) is 0 Å². The van der Waals surface area contributed by atoms with Gasteiger partial charge in [-0.3, -0.25) is 9.59 Å². The van der Waals surface area contributed by atoms with Crippen molar-refractivity contribution in [1.82, 2.24) is 15.5 Å². The Morgan fingerprint density at radius 2 is 2.14 bits per heavy atom. The highest BCUT2D eigenvalue weighted by Gasteiger charge is 2.19. The predicted octanol–water partition coefficient (Wildman–Crippen LogP) is 0.786. The van der Waals surface area contributed by atoms with Gasteiger partial charge in [-0.05, 0) is 36.2 Å². The minimum absolute atomic E-state index is 0.0425. The predicted molar refractivity (Wildman–Crippen MR) is 82.0 cm³/mol. The number of hydrogen-bond donors (Lipinski definition) is 2. The zero-order chi connectivity index (χ0) is 15.4. The molecule has 0 spiro atoms. The first-order chi connectivity index (χ1) is 10.0. The third kappa shape index (κ3) is 3.61. The largest absolute Gasteiger partial charge is 0.359 e. The van der Waals surface area contributed by atoms with E-state index in [1.165, 1.54) is 11.1 Å². The summed E-state index contributed by atoms with van der Waals surface area (Å²) in [5.74, 6) is -0.313. The molecule has 1 aliphatic heterocycles. The summed E-state index contributed by atoms with van der Waals surface area (Å²) < 4.78 is 0. The SMILES string of the molecule is CNC(=O)C(C)CN(C)C(=O)c1ccc2c(c1)CNCC2. The highest BCUT2D eigenvalue weighted by atomic mass is 16.2. The van der Waals surface area contributed by atoms with Gasteiger partial charge in [-0.15, -0.1) is 0 Å². The maximum Gasteiger partial charge on any atom is 0.253 e. The van der Waals surface area contributed by atoms with Crippen molar-refractivity contribution in [3.8, 4) is 0 Å². The van der Waals surface area contributed by atoms with Crippen LogP contribution in [0.3, 0.4) is 0 Å². The first-order valence-electron chi connectivity index (χ1n) is 7.32. The summed E-state index contributed by atoms with van der Waals surface area (Å²) in [5.41, 5.74) is 3.19. The normalized spacial score (nSPS) is 15.0. The average Bonchev–Trinajstić information content (AvgIpc) is 2.52. The minimum atomic E-state index is -0.219. The molecule has 2 amide bonds. The van der Waals surface area contributed by atoms with Gasteiger partial charge in [-0.1, -0.05) is 13.0 Å². The Hall–Kier alpha value is -1.88. The van der Waals surface area contributed by atoms with Crippen molar-refractivity contribution in [3.63, 3.8) is 0 Å². The molecule has 1 aromatic rings. The molecule has 0 saturated carbocycles. The molecule has 0 fully saturated rings. The van der Waals surface area contributed by atoms with Crippen LogP contribution in [0.25, 0.3) is 0 Å². The lowest BCUT2D eigenvalue weighted by Gasteiger charge is -2.22. The number of nitrogens with one attached hydrogen (secondary N) is 2. The molecular formula is C16H23N3O2. The van der Waals surface area contributed by atoms with Crippen LogP contribution in [0.1, 0.15) is 28.4 Å². The van der Waals surface area contributed by atoms with Crippen molar-refractivity contribution in [2.75, 3.05) is 27.2 Å². The molecule has 0 bridgehead atoms. The van der Waals surface area contributed by atoms with E-state index in [2.05, 4.69) is 10.6 Å². The van der Waals surface area contributed by atoms with E-state index in [0.29, 0.717) is 12.1 Å². The smallest absolute Gasteiger partial charge is 0.253 e. The molecule has 2 rings (SSSR count). The van der Waals surface area contributed by atoms with Gasteiger partial charge in [0.1, 0.15) is 0 Å². The van der Waals surface area contributed by atoms with E-state index in [1.54, 1.807) is 19.0 Å². The zero-order valence-electron chi connectivity index (χ0n) is 12.9. The second-order valence-corrected chi connectivity index (χ2v) is 5.61. The molecular weight excluding hydrogens is 266 g/mol. The van der Waals surface area contributed by atoms with Crippen LogP contribution in [0, 0.1) is 5.92 Å². The Morgan fingerprint density at radius 3 is 2.86 bits per heavy atom. The molecule has 5 nitrogen and oxygen atoms in total. The van der Waals surface area contributed by atoms with E-state index in [9.17, 15) is 9.59 Å². The minimum Gasteiger partial charge on any atom is -0.359 e. The Bertz CT molecular complexity index is 542. The van der Waals surface area contributed by atoms with Crippen LogP contribution in [-0.2, 0) is 17.8 Å². The van der Waals surface area contributed by atoms with Crippen LogP contribution in [0.15, 0.2) is 18.2 Å². The summed E-state index contributed by atoms with van der Waals surface area (Å²) in [7, 11) is 3.34. The first-order valence-corrected chi connectivity index (χ1v) is 7.32. The Morgan fingerprint density at radius 1 is 1.38 bits per heavy atom. The van der Waals surface area contributed by atoms with Crippen LogP contribution >= 0.6 is 0 Å². The van der Waals surface area contributed by atoms with E-state index < -0.39 is 0 Å². The van der Waals surface area contributed by atoms with Gasteiger partial charge in [-0.25, -0.2) is 0 Å². The summed E-state index contributed by atoms with van der Waals surface area (Å²) in [4.78, 5) is 25.6. The lowest BCUT2D eigenvalue weighted by molar-refractivity contribution is -0.124. The number of carbonyl (C=O) groups excluding carboxylic acids is 2. The van der Waals surface area contributed by atoms with Crippen molar-refractivity contribution in [1.29, 1.82) is 0 Å². The molecule has 0 saturated heterocycles. The van der Waals surface area contributed by atoms with Crippen molar-refractivity contribution < 1.29 is 9.59 Å². The number of hydrogen-bond acceptors (Lipinski definition) is 3. The summed E-state index contributed by atoms with van der Waals surface area (Å²) in [6.45, 7) is 4.03. The van der Waals surface area contributed by atoms with E-state index in [4.69, 9.17) is 0 Å². The fraction of sp³-hybridized carbons (Fsp3) is 0.500. The third-order valence-electron chi connectivity index (χ3n) is 3.93. The third-order valence-corrected chi connectivity index (χ3v) is 3.93. The van der Waals surface area contributed by atoms with E-state index in [-0.39, 0.29) is 17.7 Å². The number of fused-ring (bicyclic) bond motifs is 1. The highest BCUT2D eigenvalue weighted by Crippen LogP contribution is 2.17. The molecule has 0 aromatic heterocycles. The monoisotopic (exact) mass is 289 g/mol. The van der Waals surface area contributed by atoms with Gasteiger partial charge in [0.2, 0.25) is 5.91 Å². The van der Waals surface area contributed by atoms with Crippen LogP contribution in [0.5, 0.6) is 0 Å². The Labute approximate surface area is 125 Å². The van der Waals surface area contributed by atoms with Gasteiger partial charge in [0.15, 0.2) is 0 Å². The molecule has 1 unspecified atom stereocenters. The first kappa shape index (κ1) is 15.5. The number of benzene rings is 1. The molecule has 21 heavy (non-hydrogen) atoms. The maximum absolute atomic E-state index is 12.5. The molecule has 1 aromatic carbocycles. The van der Waals surface area contributed by atoms with Crippen molar-refractivity contribution >= 4 is 11.8 Å². The summed E-state index contributed by atoms with van der Waals surface area (Å²) >= 11 is 0. The molecule has 1 atom stereocenters. The molecule has 1 heterocycles. The van der Waals surface area contributed by atoms with E-state index in [0.717, 1.165) is 19.5 Å². The number of carbonyl (C=O) groups is 2. The molecule has 5 heteroatoms. The summed E-state index contributed by atoms with van der Waals surface area (Å²) in [6.07, 6.45) is 1.01. The molecule has 0 aliphatic carbocycles. The van der Waals surface area contributed by atoms with Gasteiger partial charge >= 0.3 is 0 Å². The van der Waals surface area contributed by atoms with Gasteiger partial charge < -0.3 is 15.5 Å². The zero-order valence-corrected chi connectivity index (χ0v) is 12.9. The maximum atomic E-state index is 12.5. The Balaban J connectivity index is 2.07. The lowest BCUT2D eigenvalue weighted by Crippen LogP contribution is -2.37.